The normalized spacial score (nSPS) is 14.8. The van der Waals surface area contributed by atoms with E-state index in [9.17, 15) is 8.42 Å². The van der Waals surface area contributed by atoms with Crippen LogP contribution in [0, 0.1) is 0 Å². The van der Waals surface area contributed by atoms with Gasteiger partial charge in [0.2, 0.25) is 0 Å². The second kappa shape index (κ2) is 7.09. The van der Waals surface area contributed by atoms with Gasteiger partial charge in [0.1, 0.15) is 15.6 Å². The van der Waals surface area contributed by atoms with E-state index in [4.69, 9.17) is 10.5 Å². The van der Waals surface area contributed by atoms with Crippen LogP contribution in [0.3, 0.4) is 0 Å². The maximum Gasteiger partial charge on any atom is 0.150 e. The van der Waals surface area contributed by atoms with Gasteiger partial charge < -0.3 is 10.5 Å². The molecule has 0 heterocycles. The molecule has 1 aromatic rings. The number of ether oxygens (including phenoxy) is 1. The summed E-state index contributed by atoms with van der Waals surface area (Å²) in [6, 6.07) is 7.80. The van der Waals surface area contributed by atoms with E-state index >= 15 is 0 Å². The van der Waals surface area contributed by atoms with Crippen LogP contribution >= 0.6 is 0 Å². The summed E-state index contributed by atoms with van der Waals surface area (Å²) in [5.74, 6) is 1.24. The largest absolute Gasteiger partial charge is 0.497 e. The minimum atomic E-state index is -2.90. The summed E-state index contributed by atoms with van der Waals surface area (Å²) in [5, 5.41) is 0. The molecule has 0 aliphatic carbocycles. The Balaban J connectivity index is 2.51. The van der Waals surface area contributed by atoms with Crippen LogP contribution in [0.25, 0.3) is 0 Å². The highest BCUT2D eigenvalue weighted by Gasteiger charge is 2.20. The molecule has 0 radical (unpaired) electrons. The third-order valence-corrected chi connectivity index (χ3v) is 5.20. The van der Waals surface area contributed by atoms with Crippen molar-refractivity contribution >= 4 is 9.84 Å². The van der Waals surface area contributed by atoms with Gasteiger partial charge in [-0.25, -0.2) is 8.42 Å². The maximum absolute atomic E-state index is 11.5. The summed E-state index contributed by atoms with van der Waals surface area (Å²) in [4.78, 5) is 0. The molecule has 0 saturated carbocycles. The molecule has 1 rings (SSSR count). The summed E-state index contributed by atoms with van der Waals surface area (Å²) < 4.78 is 28.0. The van der Waals surface area contributed by atoms with Crippen LogP contribution in [-0.2, 0) is 16.3 Å². The Morgan fingerprint density at radius 1 is 1.25 bits per heavy atom. The highest BCUT2D eigenvalue weighted by Crippen LogP contribution is 2.19. The molecule has 1 atom stereocenters. The lowest BCUT2D eigenvalue weighted by molar-refractivity contribution is 0.412. The van der Waals surface area contributed by atoms with E-state index < -0.39 is 15.4 Å². The lowest BCUT2D eigenvalue weighted by atomic mass is 9.89. The van der Waals surface area contributed by atoms with Crippen molar-refractivity contribution in [2.75, 3.05) is 18.6 Å². The summed E-state index contributed by atoms with van der Waals surface area (Å²) in [5.41, 5.74) is 7.01. The molecule has 0 spiro atoms. The van der Waals surface area contributed by atoms with Gasteiger partial charge in [-0.2, -0.15) is 0 Å². The fourth-order valence-corrected chi connectivity index (χ4v) is 3.01. The van der Waals surface area contributed by atoms with Gasteiger partial charge in [-0.15, -0.1) is 0 Å². The van der Waals surface area contributed by atoms with Gasteiger partial charge in [0.15, 0.2) is 0 Å². The first kappa shape index (κ1) is 17.0. The first-order valence-electron chi connectivity index (χ1n) is 6.90. The summed E-state index contributed by atoms with van der Waals surface area (Å²) in [6.45, 7) is 3.64. The average Bonchev–Trinajstić information content (AvgIpc) is 2.38. The maximum atomic E-state index is 11.5. The first-order chi connectivity index (χ1) is 9.28. The second-order valence-corrected chi connectivity index (χ2v) is 7.99. The predicted octanol–water partition coefficient (Wildman–Crippen LogP) is 2.17. The quantitative estimate of drug-likeness (QED) is 0.798. The zero-order valence-electron chi connectivity index (χ0n) is 12.6. The molecule has 5 heteroatoms. The molecule has 114 valence electrons. The summed E-state index contributed by atoms with van der Waals surface area (Å²) in [6.07, 6.45) is 2.03. The Labute approximate surface area is 122 Å². The number of hydrogen-bond donors (Lipinski definition) is 1. The number of benzene rings is 1. The van der Waals surface area contributed by atoms with Crippen molar-refractivity contribution in [1.82, 2.24) is 0 Å². The van der Waals surface area contributed by atoms with Gasteiger partial charge in [-0.3, -0.25) is 0 Å². The van der Waals surface area contributed by atoms with Crippen molar-refractivity contribution in [2.45, 2.75) is 38.6 Å². The number of nitrogens with two attached hydrogens (primary N) is 1. The fourth-order valence-electron chi connectivity index (χ4n) is 2.14. The molecule has 0 aliphatic rings. The zero-order chi connectivity index (χ0) is 15.2. The molecule has 1 unspecified atom stereocenters. The average molecular weight is 299 g/mol. The van der Waals surface area contributed by atoms with Crippen molar-refractivity contribution in [3.63, 3.8) is 0 Å². The van der Waals surface area contributed by atoms with Crippen molar-refractivity contribution in [3.05, 3.63) is 29.8 Å². The molecule has 0 bridgehead atoms. The fraction of sp³-hybridized carbons (Fsp3) is 0.600. The molecule has 0 saturated heterocycles. The number of sulfone groups is 1. The lowest BCUT2D eigenvalue weighted by Gasteiger charge is -2.24. The molecule has 2 N–H and O–H groups in total. The Morgan fingerprint density at radius 3 is 2.35 bits per heavy atom. The molecule has 20 heavy (non-hydrogen) atoms. The van der Waals surface area contributed by atoms with Crippen LogP contribution in [0.1, 0.15) is 32.3 Å². The lowest BCUT2D eigenvalue weighted by Crippen LogP contribution is -2.39. The molecule has 1 aromatic carbocycles. The smallest absolute Gasteiger partial charge is 0.150 e. The topological polar surface area (TPSA) is 69.4 Å². The van der Waals surface area contributed by atoms with Gasteiger partial charge in [-0.1, -0.05) is 19.1 Å². The van der Waals surface area contributed by atoms with E-state index in [0.717, 1.165) is 17.7 Å². The van der Waals surface area contributed by atoms with E-state index in [1.165, 1.54) is 0 Å². The van der Waals surface area contributed by atoms with Crippen LogP contribution < -0.4 is 10.5 Å². The van der Waals surface area contributed by atoms with Crippen LogP contribution in [0.4, 0.5) is 0 Å². The standard InChI is InChI=1S/C15H25NO3S/c1-4-20(17,18)11-5-10-15(2,16)12-13-6-8-14(19-3)9-7-13/h6-9H,4-5,10-12,16H2,1-3H3. The van der Waals surface area contributed by atoms with E-state index in [1.807, 2.05) is 31.2 Å². The molecule has 0 fully saturated rings. The van der Waals surface area contributed by atoms with E-state index in [1.54, 1.807) is 14.0 Å². The highest BCUT2D eigenvalue weighted by atomic mass is 32.2. The van der Waals surface area contributed by atoms with Crippen molar-refractivity contribution in [3.8, 4) is 5.75 Å². The third kappa shape index (κ3) is 5.92. The van der Waals surface area contributed by atoms with Crippen LogP contribution in [0.15, 0.2) is 24.3 Å². The van der Waals surface area contributed by atoms with Gasteiger partial charge in [0.25, 0.3) is 0 Å². The number of rotatable bonds is 8. The molecule has 0 amide bonds. The Bertz CT molecular complexity index is 506. The van der Waals surface area contributed by atoms with Crippen molar-refractivity contribution in [1.29, 1.82) is 0 Å². The van der Waals surface area contributed by atoms with E-state index in [-0.39, 0.29) is 11.5 Å². The van der Waals surface area contributed by atoms with Crippen molar-refractivity contribution in [2.24, 2.45) is 5.73 Å². The Morgan fingerprint density at radius 2 is 1.85 bits per heavy atom. The second-order valence-electron chi connectivity index (χ2n) is 5.52. The zero-order valence-corrected chi connectivity index (χ0v) is 13.4. The monoisotopic (exact) mass is 299 g/mol. The van der Waals surface area contributed by atoms with Crippen LogP contribution in [-0.4, -0.2) is 32.6 Å². The molecule has 4 nitrogen and oxygen atoms in total. The van der Waals surface area contributed by atoms with Crippen molar-refractivity contribution < 1.29 is 13.2 Å². The Hall–Kier alpha value is -1.07. The molecular weight excluding hydrogens is 274 g/mol. The van der Waals surface area contributed by atoms with E-state index in [2.05, 4.69) is 0 Å². The van der Waals surface area contributed by atoms with Gasteiger partial charge in [-0.05, 0) is 43.9 Å². The molecular formula is C15H25NO3S. The first-order valence-corrected chi connectivity index (χ1v) is 8.72. The summed E-state index contributed by atoms with van der Waals surface area (Å²) >= 11 is 0. The number of methoxy groups -OCH3 is 1. The summed E-state index contributed by atoms with van der Waals surface area (Å²) in [7, 11) is -1.26. The predicted molar refractivity (Wildman–Crippen MR) is 82.9 cm³/mol. The minimum Gasteiger partial charge on any atom is -0.497 e. The SMILES string of the molecule is CCS(=O)(=O)CCCC(C)(N)Cc1ccc(OC)cc1. The van der Waals surface area contributed by atoms with Gasteiger partial charge >= 0.3 is 0 Å². The van der Waals surface area contributed by atoms with Gasteiger partial charge in [0, 0.05) is 11.3 Å². The Kier molecular flexibility index (Phi) is 6.02. The highest BCUT2D eigenvalue weighted by molar-refractivity contribution is 7.91. The van der Waals surface area contributed by atoms with Crippen LogP contribution in [0.5, 0.6) is 5.75 Å². The third-order valence-electron chi connectivity index (χ3n) is 3.41. The molecule has 0 aromatic heterocycles. The number of hydrogen-bond acceptors (Lipinski definition) is 4. The minimum absolute atomic E-state index is 0.201. The molecule has 0 aliphatic heterocycles. The van der Waals surface area contributed by atoms with E-state index in [0.29, 0.717) is 12.8 Å². The van der Waals surface area contributed by atoms with Gasteiger partial charge in [0.05, 0.1) is 12.9 Å². The van der Waals surface area contributed by atoms with Crippen LogP contribution in [0.2, 0.25) is 0 Å².